The molecule has 0 saturated heterocycles. The number of hydrogen-bond donors (Lipinski definition) is 3. The molecule has 4 nitrogen and oxygen atoms in total. The van der Waals surface area contributed by atoms with E-state index in [9.17, 15) is 5.11 Å². The van der Waals surface area contributed by atoms with Gasteiger partial charge in [0.25, 0.3) is 0 Å². The molecule has 0 aromatic carbocycles. The monoisotopic (exact) mass is 331 g/mol. The zero-order chi connectivity index (χ0) is 17.2. The fraction of sp³-hybridized carbons (Fsp3) is 0.167. The van der Waals surface area contributed by atoms with Crippen LogP contribution in [0.5, 0.6) is 0 Å². The maximum Gasteiger partial charge on any atom is 0.103 e. The second kappa shape index (κ2) is 9.79. The Bertz CT molecular complexity index is 625. The van der Waals surface area contributed by atoms with Gasteiger partial charge in [-0.2, -0.15) is 5.10 Å². The summed E-state index contributed by atoms with van der Waals surface area (Å²) in [6, 6.07) is 0. The fourth-order valence-corrected chi connectivity index (χ4v) is 2.14. The largest absolute Gasteiger partial charge is 0.379 e. The van der Waals surface area contributed by atoms with Gasteiger partial charge in [-0.05, 0) is 23.1 Å². The topological polar surface area (TPSA) is 74.9 Å². The van der Waals surface area contributed by atoms with E-state index in [0.29, 0.717) is 6.42 Å². The van der Waals surface area contributed by atoms with Crippen LogP contribution in [0.1, 0.15) is 12.0 Å². The molecule has 1 aromatic rings. The first kappa shape index (κ1) is 18.9. The second-order valence-electron chi connectivity index (χ2n) is 4.97. The van der Waals surface area contributed by atoms with Gasteiger partial charge < -0.3 is 10.8 Å². The summed E-state index contributed by atoms with van der Waals surface area (Å²) in [5.74, 6) is -0.172. The van der Waals surface area contributed by atoms with Crippen molar-refractivity contribution >= 4 is 17.2 Å². The first-order valence-electron chi connectivity index (χ1n) is 7.07. The van der Waals surface area contributed by atoms with Crippen molar-refractivity contribution in [3.8, 4) is 0 Å². The molecule has 0 fully saturated rings. The SMILES string of the molecule is C=C/C(=C\C=C\Cl)C(CC(N)O)C(=C)/C=C\C(=C)c1cn[nH]c1. The molecule has 4 N–H and O–H groups in total. The lowest BCUT2D eigenvalue weighted by Gasteiger charge is -2.20. The second-order valence-corrected chi connectivity index (χ2v) is 5.22. The van der Waals surface area contributed by atoms with Gasteiger partial charge in [-0.3, -0.25) is 5.10 Å². The summed E-state index contributed by atoms with van der Waals surface area (Å²) >= 11 is 5.56. The van der Waals surface area contributed by atoms with Gasteiger partial charge in [0.05, 0.1) is 6.20 Å². The van der Waals surface area contributed by atoms with E-state index >= 15 is 0 Å². The minimum atomic E-state index is -0.953. The quantitative estimate of drug-likeness (QED) is 0.477. The first-order chi connectivity index (χ1) is 11.0. The predicted octanol–water partition coefficient (Wildman–Crippen LogP) is 3.68. The summed E-state index contributed by atoms with van der Waals surface area (Å²) < 4.78 is 0. The minimum Gasteiger partial charge on any atom is -0.379 e. The van der Waals surface area contributed by atoms with Crippen molar-refractivity contribution in [3.63, 3.8) is 0 Å². The van der Waals surface area contributed by atoms with Crippen LogP contribution in [0.25, 0.3) is 5.57 Å². The van der Waals surface area contributed by atoms with Crippen LogP contribution in [0.3, 0.4) is 0 Å². The van der Waals surface area contributed by atoms with Crippen molar-refractivity contribution in [1.82, 2.24) is 10.2 Å². The van der Waals surface area contributed by atoms with Crippen LogP contribution in [0.4, 0.5) is 0 Å². The molecule has 2 atom stereocenters. The molecule has 1 rings (SSSR count). The van der Waals surface area contributed by atoms with E-state index < -0.39 is 6.23 Å². The molecule has 1 aromatic heterocycles. The molecule has 122 valence electrons. The van der Waals surface area contributed by atoms with Gasteiger partial charge in [0.15, 0.2) is 0 Å². The third-order valence-corrected chi connectivity index (χ3v) is 3.44. The normalized spacial score (nSPS) is 15.0. The number of hydrogen-bond acceptors (Lipinski definition) is 3. The first-order valence-corrected chi connectivity index (χ1v) is 7.51. The number of aliphatic hydroxyl groups excluding tert-OH is 1. The third-order valence-electron chi connectivity index (χ3n) is 3.29. The van der Waals surface area contributed by atoms with E-state index in [1.54, 1.807) is 24.5 Å². The Morgan fingerprint density at radius 1 is 1.43 bits per heavy atom. The van der Waals surface area contributed by atoms with Crippen LogP contribution in [-0.2, 0) is 0 Å². The number of nitrogens with zero attached hydrogens (tertiary/aromatic N) is 1. The molecule has 1 heterocycles. The molecule has 0 bridgehead atoms. The van der Waals surface area contributed by atoms with Crippen molar-refractivity contribution in [1.29, 1.82) is 0 Å². The van der Waals surface area contributed by atoms with Crippen molar-refractivity contribution < 1.29 is 5.11 Å². The molecule has 0 aliphatic carbocycles. The van der Waals surface area contributed by atoms with Gasteiger partial charge in [-0.1, -0.05) is 61.7 Å². The number of allylic oxidation sites excluding steroid dienone is 8. The van der Waals surface area contributed by atoms with Gasteiger partial charge in [-0.15, -0.1) is 0 Å². The molecule has 0 amide bonds. The zero-order valence-electron chi connectivity index (χ0n) is 13.0. The highest BCUT2D eigenvalue weighted by Crippen LogP contribution is 2.27. The lowest BCUT2D eigenvalue weighted by Crippen LogP contribution is -2.24. The number of nitrogens with two attached hydrogens (primary N) is 1. The Kier molecular flexibility index (Phi) is 8.05. The average Bonchev–Trinajstić information content (AvgIpc) is 3.06. The maximum atomic E-state index is 9.55. The van der Waals surface area contributed by atoms with Crippen LogP contribution in [-0.4, -0.2) is 21.5 Å². The Morgan fingerprint density at radius 2 is 2.17 bits per heavy atom. The standard InChI is InChI=1S/C18H22ClN3O/c1-4-15(6-5-9-19)17(10-18(20)23)14(3)8-7-13(2)16-11-21-22-12-16/h4-9,11-12,17-18,23H,1-3,10,20H2,(H,21,22)/b8-7-,9-5+,15-6+. The average molecular weight is 332 g/mol. The number of aromatic nitrogens is 2. The number of nitrogens with one attached hydrogen (secondary N) is 1. The summed E-state index contributed by atoms with van der Waals surface area (Å²) in [6.07, 6.45) is 11.7. The Balaban J connectivity index is 2.95. The summed E-state index contributed by atoms with van der Waals surface area (Å²) in [4.78, 5) is 0. The van der Waals surface area contributed by atoms with Crippen molar-refractivity contribution in [2.24, 2.45) is 11.7 Å². The Morgan fingerprint density at radius 3 is 2.70 bits per heavy atom. The number of H-pyrrole nitrogens is 1. The smallest absolute Gasteiger partial charge is 0.103 e. The molecule has 2 unspecified atom stereocenters. The van der Waals surface area contributed by atoms with Crippen LogP contribution in [0.15, 0.2) is 79.2 Å². The van der Waals surface area contributed by atoms with E-state index in [4.69, 9.17) is 17.3 Å². The third kappa shape index (κ3) is 6.24. The van der Waals surface area contributed by atoms with Crippen LogP contribution < -0.4 is 5.73 Å². The summed E-state index contributed by atoms with van der Waals surface area (Å²) in [7, 11) is 0. The molecule has 0 spiro atoms. The summed E-state index contributed by atoms with van der Waals surface area (Å²) in [6.45, 7) is 11.9. The van der Waals surface area contributed by atoms with E-state index in [1.165, 1.54) is 5.54 Å². The highest BCUT2D eigenvalue weighted by Gasteiger charge is 2.16. The molecule has 5 heteroatoms. The number of rotatable bonds is 9. The Labute approximate surface area is 142 Å². The van der Waals surface area contributed by atoms with Crippen LogP contribution >= 0.6 is 11.6 Å². The van der Waals surface area contributed by atoms with Crippen LogP contribution in [0, 0.1) is 5.92 Å². The number of aliphatic hydroxyl groups is 1. The summed E-state index contributed by atoms with van der Waals surface area (Å²) in [5, 5.41) is 16.2. The molecule has 23 heavy (non-hydrogen) atoms. The molecular weight excluding hydrogens is 310 g/mol. The van der Waals surface area contributed by atoms with E-state index in [-0.39, 0.29) is 5.92 Å². The van der Waals surface area contributed by atoms with E-state index in [1.807, 2.05) is 18.2 Å². The lowest BCUT2D eigenvalue weighted by molar-refractivity contribution is 0.162. The molecule has 0 aliphatic rings. The van der Waals surface area contributed by atoms with E-state index in [2.05, 4.69) is 29.9 Å². The van der Waals surface area contributed by atoms with Crippen LogP contribution in [0.2, 0.25) is 0 Å². The molecule has 0 radical (unpaired) electrons. The molecule has 0 saturated carbocycles. The van der Waals surface area contributed by atoms with Gasteiger partial charge in [-0.25, -0.2) is 0 Å². The van der Waals surface area contributed by atoms with Crippen molar-refractivity contribution in [3.05, 3.63) is 84.8 Å². The number of halogens is 1. The zero-order valence-corrected chi connectivity index (χ0v) is 13.7. The van der Waals surface area contributed by atoms with Crippen molar-refractivity contribution in [2.45, 2.75) is 12.6 Å². The highest BCUT2D eigenvalue weighted by molar-refractivity contribution is 6.25. The predicted molar refractivity (Wildman–Crippen MR) is 97.5 cm³/mol. The minimum absolute atomic E-state index is 0.172. The van der Waals surface area contributed by atoms with Crippen molar-refractivity contribution in [2.75, 3.05) is 0 Å². The summed E-state index contributed by atoms with van der Waals surface area (Å²) in [5.41, 5.74) is 10.3. The molecular formula is C18H22ClN3O. The highest BCUT2D eigenvalue weighted by atomic mass is 35.5. The lowest BCUT2D eigenvalue weighted by atomic mass is 9.87. The van der Waals surface area contributed by atoms with Gasteiger partial charge in [0.1, 0.15) is 6.23 Å². The number of aromatic amines is 1. The van der Waals surface area contributed by atoms with Gasteiger partial charge in [0.2, 0.25) is 0 Å². The maximum absolute atomic E-state index is 9.55. The molecule has 0 aliphatic heterocycles. The van der Waals surface area contributed by atoms with E-state index in [0.717, 1.165) is 22.3 Å². The fourth-order valence-electron chi connectivity index (χ4n) is 2.06. The Hall–Kier alpha value is -2.14. The van der Waals surface area contributed by atoms with Gasteiger partial charge in [0, 0.05) is 23.2 Å². The van der Waals surface area contributed by atoms with Gasteiger partial charge >= 0.3 is 0 Å².